The number of fused-ring (bicyclic) bond motifs is 1. The number of ether oxygens (including phenoxy) is 1. The van der Waals surface area contributed by atoms with Crippen molar-refractivity contribution in [2.75, 3.05) is 11.1 Å². The Labute approximate surface area is 215 Å². The fourth-order valence-electron chi connectivity index (χ4n) is 5.15. The van der Waals surface area contributed by atoms with Gasteiger partial charge in [0, 0.05) is 36.2 Å². The van der Waals surface area contributed by atoms with Gasteiger partial charge in [-0.1, -0.05) is 42.5 Å². The molecular formula is C29H29N7O. The number of rotatable bonds is 7. The summed E-state index contributed by atoms with van der Waals surface area (Å²) in [5.41, 5.74) is 10.5. The van der Waals surface area contributed by atoms with E-state index in [4.69, 9.17) is 10.5 Å². The fraction of sp³-hybridized carbons (Fsp3) is 0.241. The number of anilines is 2. The summed E-state index contributed by atoms with van der Waals surface area (Å²) in [4.78, 5) is 17.6. The molecule has 5 aromatic rings. The Kier molecular flexibility index (Phi) is 6.37. The van der Waals surface area contributed by atoms with E-state index in [1.807, 2.05) is 36.4 Å². The number of nitrogens with zero attached hydrogens (tertiary/aromatic N) is 5. The maximum Gasteiger partial charge on any atom is 0.222 e. The summed E-state index contributed by atoms with van der Waals surface area (Å²) < 4.78 is 8.38. The molecule has 0 saturated heterocycles. The van der Waals surface area contributed by atoms with Crippen LogP contribution in [0, 0.1) is 0 Å². The highest BCUT2D eigenvalue weighted by atomic mass is 16.5. The van der Waals surface area contributed by atoms with Crippen molar-refractivity contribution in [2.45, 2.75) is 44.4 Å². The van der Waals surface area contributed by atoms with Crippen LogP contribution in [-0.2, 0) is 6.61 Å². The quantitative estimate of drug-likeness (QED) is 0.303. The Bertz CT molecular complexity index is 1480. The molecule has 1 aliphatic carbocycles. The van der Waals surface area contributed by atoms with E-state index in [0.717, 1.165) is 59.2 Å². The molecule has 0 aliphatic heterocycles. The molecule has 186 valence electrons. The van der Waals surface area contributed by atoms with Crippen LogP contribution in [-0.4, -0.2) is 30.5 Å². The first-order chi connectivity index (χ1) is 18.2. The zero-order valence-electron chi connectivity index (χ0n) is 20.5. The Hall–Kier alpha value is -4.46. The lowest BCUT2D eigenvalue weighted by atomic mass is 9.91. The van der Waals surface area contributed by atoms with Crippen molar-refractivity contribution in [2.24, 2.45) is 0 Å². The van der Waals surface area contributed by atoms with Crippen molar-refractivity contribution >= 4 is 22.8 Å². The zero-order valence-corrected chi connectivity index (χ0v) is 20.5. The molecule has 1 aliphatic rings. The van der Waals surface area contributed by atoms with Gasteiger partial charge in [-0.2, -0.15) is 0 Å². The van der Waals surface area contributed by atoms with E-state index >= 15 is 0 Å². The van der Waals surface area contributed by atoms with Crippen molar-refractivity contribution in [3.8, 4) is 16.9 Å². The SMILES string of the molecule is Nc1ncnc2c1c(-c1cccc(OCc3ccccc3)c1)cn2C1CCC(Nc2ncccn2)CC1. The van der Waals surface area contributed by atoms with Gasteiger partial charge in [0.25, 0.3) is 0 Å². The van der Waals surface area contributed by atoms with E-state index in [1.165, 1.54) is 0 Å². The second-order valence-electron chi connectivity index (χ2n) is 9.43. The monoisotopic (exact) mass is 491 g/mol. The van der Waals surface area contributed by atoms with Gasteiger partial charge >= 0.3 is 0 Å². The Morgan fingerprint density at radius 3 is 2.51 bits per heavy atom. The Balaban J connectivity index is 1.25. The average molecular weight is 492 g/mol. The van der Waals surface area contributed by atoms with Crippen LogP contribution in [0.15, 0.2) is 85.6 Å². The maximum atomic E-state index is 6.40. The summed E-state index contributed by atoms with van der Waals surface area (Å²) in [7, 11) is 0. The predicted octanol–water partition coefficient (Wildman–Crippen LogP) is 5.65. The van der Waals surface area contributed by atoms with Crippen LogP contribution in [0.1, 0.15) is 37.3 Å². The Morgan fingerprint density at radius 1 is 0.892 bits per heavy atom. The summed E-state index contributed by atoms with van der Waals surface area (Å²) >= 11 is 0. The predicted molar refractivity (Wildman–Crippen MR) is 145 cm³/mol. The molecule has 6 rings (SSSR count). The highest BCUT2D eigenvalue weighted by Crippen LogP contribution is 2.39. The van der Waals surface area contributed by atoms with Gasteiger partial charge in [0.2, 0.25) is 5.95 Å². The zero-order chi connectivity index (χ0) is 25.0. The van der Waals surface area contributed by atoms with Gasteiger partial charge in [-0.15, -0.1) is 0 Å². The first-order valence-corrected chi connectivity index (χ1v) is 12.7. The van der Waals surface area contributed by atoms with E-state index < -0.39 is 0 Å². The van der Waals surface area contributed by atoms with E-state index in [9.17, 15) is 0 Å². The minimum atomic E-state index is 0.331. The molecular weight excluding hydrogens is 462 g/mol. The van der Waals surface area contributed by atoms with Crippen LogP contribution in [0.25, 0.3) is 22.2 Å². The number of aromatic nitrogens is 5. The molecule has 0 spiro atoms. The van der Waals surface area contributed by atoms with Crippen molar-refractivity contribution in [3.05, 3.63) is 91.1 Å². The molecule has 0 amide bonds. The molecule has 3 aromatic heterocycles. The molecule has 0 atom stereocenters. The van der Waals surface area contributed by atoms with E-state index in [-0.39, 0.29) is 0 Å². The highest BCUT2D eigenvalue weighted by molar-refractivity contribution is 6.00. The molecule has 37 heavy (non-hydrogen) atoms. The lowest BCUT2D eigenvalue weighted by molar-refractivity contribution is 0.306. The molecule has 0 unspecified atom stereocenters. The third-order valence-corrected chi connectivity index (χ3v) is 7.02. The largest absolute Gasteiger partial charge is 0.489 e. The molecule has 0 bridgehead atoms. The summed E-state index contributed by atoms with van der Waals surface area (Å²) in [5.74, 6) is 1.99. The first-order valence-electron chi connectivity index (χ1n) is 12.7. The molecule has 1 fully saturated rings. The van der Waals surface area contributed by atoms with Gasteiger partial charge in [0.05, 0.1) is 5.39 Å². The third-order valence-electron chi connectivity index (χ3n) is 7.02. The minimum absolute atomic E-state index is 0.331. The number of nitrogens with two attached hydrogens (primary N) is 1. The molecule has 3 N–H and O–H groups in total. The van der Waals surface area contributed by atoms with Crippen molar-refractivity contribution in [1.82, 2.24) is 24.5 Å². The number of hydrogen-bond donors (Lipinski definition) is 2. The Morgan fingerprint density at radius 2 is 1.70 bits per heavy atom. The number of nitrogens with one attached hydrogen (secondary N) is 1. The molecule has 2 aromatic carbocycles. The topological polar surface area (TPSA) is 104 Å². The van der Waals surface area contributed by atoms with E-state index in [0.29, 0.717) is 30.5 Å². The lowest BCUT2D eigenvalue weighted by Crippen LogP contribution is -2.28. The van der Waals surface area contributed by atoms with Crippen LogP contribution in [0.5, 0.6) is 5.75 Å². The molecule has 0 radical (unpaired) electrons. The highest BCUT2D eigenvalue weighted by Gasteiger charge is 2.26. The minimum Gasteiger partial charge on any atom is -0.489 e. The van der Waals surface area contributed by atoms with Crippen molar-refractivity contribution in [1.29, 1.82) is 0 Å². The van der Waals surface area contributed by atoms with Crippen molar-refractivity contribution < 1.29 is 4.74 Å². The summed E-state index contributed by atoms with van der Waals surface area (Å²) in [6.07, 6.45) is 11.4. The van der Waals surface area contributed by atoms with Crippen LogP contribution < -0.4 is 15.8 Å². The van der Waals surface area contributed by atoms with Gasteiger partial charge in [-0.3, -0.25) is 0 Å². The van der Waals surface area contributed by atoms with Crippen LogP contribution in [0.2, 0.25) is 0 Å². The summed E-state index contributed by atoms with van der Waals surface area (Å²) in [6, 6.07) is 20.8. The maximum absolute atomic E-state index is 6.40. The third kappa shape index (κ3) is 4.95. The lowest BCUT2D eigenvalue weighted by Gasteiger charge is -2.30. The van der Waals surface area contributed by atoms with Crippen LogP contribution in [0.4, 0.5) is 11.8 Å². The van der Waals surface area contributed by atoms with E-state index in [1.54, 1.807) is 18.7 Å². The first kappa shape index (κ1) is 23.0. The van der Waals surface area contributed by atoms with Gasteiger partial charge in [0.15, 0.2) is 0 Å². The smallest absolute Gasteiger partial charge is 0.222 e. The summed E-state index contributed by atoms with van der Waals surface area (Å²) in [5, 5.41) is 4.36. The fourth-order valence-corrected chi connectivity index (χ4v) is 5.15. The molecule has 1 saturated carbocycles. The standard InChI is InChI=1S/C29H29N7O/c30-27-26-25(21-8-4-9-24(16-21)37-18-20-6-2-1-3-7-20)17-36(28(26)34-19-33-27)23-12-10-22(11-13-23)35-29-31-14-5-15-32-29/h1-9,14-17,19,22-23H,10-13,18H2,(H2,30,33,34)(H,31,32,35). The van der Waals surface area contributed by atoms with Gasteiger partial charge < -0.3 is 20.4 Å². The number of benzene rings is 2. The number of nitrogen functional groups attached to an aromatic ring is 1. The average Bonchev–Trinajstić information content (AvgIpc) is 3.35. The molecule has 8 heteroatoms. The second kappa shape index (κ2) is 10.3. The normalized spacial score (nSPS) is 17.5. The van der Waals surface area contributed by atoms with Gasteiger partial charge in [-0.05, 0) is 55.0 Å². The number of hydrogen-bond acceptors (Lipinski definition) is 7. The van der Waals surface area contributed by atoms with Gasteiger partial charge in [-0.25, -0.2) is 19.9 Å². The molecule has 8 nitrogen and oxygen atoms in total. The summed E-state index contributed by atoms with van der Waals surface area (Å²) in [6.45, 7) is 0.516. The van der Waals surface area contributed by atoms with Crippen molar-refractivity contribution in [3.63, 3.8) is 0 Å². The molecule has 3 heterocycles. The van der Waals surface area contributed by atoms with Crippen LogP contribution in [0.3, 0.4) is 0 Å². The second-order valence-corrected chi connectivity index (χ2v) is 9.43. The van der Waals surface area contributed by atoms with E-state index in [2.05, 4.69) is 60.3 Å². The van der Waals surface area contributed by atoms with Gasteiger partial charge in [0.1, 0.15) is 30.1 Å². The van der Waals surface area contributed by atoms with Crippen LogP contribution >= 0.6 is 0 Å².